The van der Waals surface area contributed by atoms with E-state index in [1.807, 2.05) is 6.92 Å². The topological polar surface area (TPSA) is 49.3 Å². The predicted octanol–water partition coefficient (Wildman–Crippen LogP) is 1.70. The highest BCUT2D eigenvalue weighted by atomic mass is 16.2. The van der Waals surface area contributed by atoms with Crippen LogP contribution in [0.1, 0.15) is 45.4 Å². The Bertz CT molecular complexity index is 242. The van der Waals surface area contributed by atoms with Gasteiger partial charge in [-0.25, -0.2) is 0 Å². The van der Waals surface area contributed by atoms with E-state index in [9.17, 15) is 4.79 Å². The second-order valence-electron chi connectivity index (χ2n) is 5.41. The number of hydrogen-bond acceptors (Lipinski definition) is 2. The third-order valence-corrected chi connectivity index (χ3v) is 4.14. The number of nitrogens with one attached hydrogen (secondary N) is 1. The van der Waals surface area contributed by atoms with Crippen LogP contribution in [-0.2, 0) is 4.79 Å². The molecular formula is C13H23NO2. The van der Waals surface area contributed by atoms with E-state index >= 15 is 0 Å². The minimum Gasteiger partial charge on any atom is -0.396 e. The zero-order valence-electron chi connectivity index (χ0n) is 10.1. The van der Waals surface area contributed by atoms with Gasteiger partial charge >= 0.3 is 0 Å². The van der Waals surface area contributed by atoms with E-state index in [-0.39, 0.29) is 18.6 Å². The molecule has 3 heteroatoms. The van der Waals surface area contributed by atoms with E-state index < -0.39 is 0 Å². The Labute approximate surface area is 97.6 Å². The molecule has 0 radical (unpaired) electrons. The fourth-order valence-electron chi connectivity index (χ4n) is 3.19. The number of carbonyl (C=O) groups excluding carboxylic acids is 1. The molecule has 0 saturated heterocycles. The third kappa shape index (κ3) is 2.57. The summed E-state index contributed by atoms with van der Waals surface area (Å²) in [6, 6.07) is 0.210. The first kappa shape index (κ1) is 11.9. The highest BCUT2D eigenvalue weighted by molar-refractivity contribution is 5.82. The quantitative estimate of drug-likeness (QED) is 0.748. The average molecular weight is 225 g/mol. The standard InChI is InChI=1S/C13H23NO2/c1-9(5-4-8-15)14-13(16)12-10-6-2-3-7-11(10)12/h9-12,15H,2-8H2,1H3,(H,14,16). The maximum atomic E-state index is 12.0. The highest BCUT2D eigenvalue weighted by Gasteiger charge is 2.54. The average Bonchev–Trinajstić information content (AvgIpc) is 3.00. The van der Waals surface area contributed by atoms with Crippen molar-refractivity contribution in [2.24, 2.45) is 17.8 Å². The Hall–Kier alpha value is -0.570. The van der Waals surface area contributed by atoms with Gasteiger partial charge in [0.1, 0.15) is 0 Å². The number of rotatable bonds is 5. The minimum atomic E-state index is 0.210. The molecule has 2 saturated carbocycles. The molecule has 3 atom stereocenters. The molecule has 0 heterocycles. The van der Waals surface area contributed by atoms with Gasteiger partial charge in [0.15, 0.2) is 0 Å². The van der Waals surface area contributed by atoms with Gasteiger partial charge in [0.25, 0.3) is 0 Å². The molecule has 2 aliphatic carbocycles. The normalized spacial score (nSPS) is 34.0. The van der Waals surface area contributed by atoms with Crippen LogP contribution < -0.4 is 5.32 Å². The molecule has 92 valence electrons. The van der Waals surface area contributed by atoms with E-state index in [1.54, 1.807) is 0 Å². The van der Waals surface area contributed by atoms with Crippen molar-refractivity contribution in [3.63, 3.8) is 0 Å². The lowest BCUT2D eigenvalue weighted by Gasteiger charge is -2.13. The van der Waals surface area contributed by atoms with Crippen LogP contribution in [0.15, 0.2) is 0 Å². The number of carbonyl (C=O) groups is 1. The first-order valence-electron chi connectivity index (χ1n) is 6.65. The SMILES string of the molecule is CC(CCCO)NC(=O)C1C2CCCCC21. The van der Waals surface area contributed by atoms with Gasteiger partial charge in [0, 0.05) is 18.6 Å². The van der Waals surface area contributed by atoms with Crippen molar-refractivity contribution in [2.45, 2.75) is 51.5 Å². The molecular weight excluding hydrogens is 202 g/mol. The second kappa shape index (κ2) is 5.17. The van der Waals surface area contributed by atoms with Gasteiger partial charge in [-0.05, 0) is 44.4 Å². The largest absolute Gasteiger partial charge is 0.396 e. The zero-order chi connectivity index (χ0) is 11.5. The summed E-state index contributed by atoms with van der Waals surface area (Å²) in [7, 11) is 0. The van der Waals surface area contributed by atoms with Gasteiger partial charge in [-0.2, -0.15) is 0 Å². The molecule has 16 heavy (non-hydrogen) atoms. The lowest BCUT2D eigenvalue weighted by atomic mass is 10.0. The van der Waals surface area contributed by atoms with Crippen LogP contribution in [0.2, 0.25) is 0 Å². The molecule has 1 amide bonds. The molecule has 2 fully saturated rings. The van der Waals surface area contributed by atoms with E-state index in [2.05, 4.69) is 5.32 Å². The van der Waals surface area contributed by atoms with Crippen molar-refractivity contribution in [3.05, 3.63) is 0 Å². The first-order valence-corrected chi connectivity index (χ1v) is 6.65. The smallest absolute Gasteiger partial charge is 0.223 e. The van der Waals surface area contributed by atoms with Gasteiger partial charge in [-0.3, -0.25) is 4.79 Å². The summed E-state index contributed by atoms with van der Waals surface area (Å²) in [5.41, 5.74) is 0. The lowest BCUT2D eigenvalue weighted by molar-refractivity contribution is -0.123. The molecule has 3 unspecified atom stereocenters. The van der Waals surface area contributed by atoms with Crippen LogP contribution >= 0.6 is 0 Å². The van der Waals surface area contributed by atoms with Crippen LogP contribution in [0.3, 0.4) is 0 Å². The van der Waals surface area contributed by atoms with Crippen molar-refractivity contribution < 1.29 is 9.90 Å². The maximum absolute atomic E-state index is 12.0. The second-order valence-corrected chi connectivity index (χ2v) is 5.41. The maximum Gasteiger partial charge on any atom is 0.223 e. The first-order chi connectivity index (χ1) is 7.74. The summed E-state index contributed by atoms with van der Waals surface area (Å²) in [6.45, 7) is 2.24. The molecule has 0 bridgehead atoms. The van der Waals surface area contributed by atoms with Crippen LogP contribution in [-0.4, -0.2) is 23.7 Å². The van der Waals surface area contributed by atoms with Crippen LogP contribution in [0.5, 0.6) is 0 Å². The number of aliphatic hydroxyl groups excluding tert-OH is 1. The Kier molecular flexibility index (Phi) is 3.85. The summed E-state index contributed by atoms with van der Waals surface area (Å²) in [4.78, 5) is 12.0. The van der Waals surface area contributed by atoms with E-state index in [0.717, 1.165) is 12.8 Å². The Balaban J connectivity index is 1.72. The lowest BCUT2D eigenvalue weighted by Crippen LogP contribution is -2.34. The summed E-state index contributed by atoms with van der Waals surface area (Å²) >= 11 is 0. The van der Waals surface area contributed by atoms with Crippen molar-refractivity contribution in [1.82, 2.24) is 5.32 Å². The Morgan fingerprint density at radius 1 is 1.38 bits per heavy atom. The summed E-state index contributed by atoms with van der Waals surface area (Å²) in [5.74, 6) is 1.97. The molecule has 0 aromatic carbocycles. The van der Waals surface area contributed by atoms with Gasteiger partial charge in [-0.15, -0.1) is 0 Å². The van der Waals surface area contributed by atoms with Gasteiger partial charge < -0.3 is 10.4 Å². The zero-order valence-corrected chi connectivity index (χ0v) is 10.1. The van der Waals surface area contributed by atoms with Crippen molar-refractivity contribution in [1.29, 1.82) is 0 Å². The van der Waals surface area contributed by atoms with Crippen molar-refractivity contribution in [3.8, 4) is 0 Å². The molecule has 3 nitrogen and oxygen atoms in total. The number of hydrogen-bond donors (Lipinski definition) is 2. The van der Waals surface area contributed by atoms with Crippen LogP contribution in [0.25, 0.3) is 0 Å². The van der Waals surface area contributed by atoms with Crippen LogP contribution in [0, 0.1) is 17.8 Å². The third-order valence-electron chi connectivity index (χ3n) is 4.14. The molecule has 0 aromatic rings. The monoisotopic (exact) mass is 225 g/mol. The molecule has 2 rings (SSSR count). The van der Waals surface area contributed by atoms with E-state index in [4.69, 9.17) is 5.11 Å². The van der Waals surface area contributed by atoms with E-state index in [1.165, 1.54) is 25.7 Å². The van der Waals surface area contributed by atoms with E-state index in [0.29, 0.717) is 17.8 Å². The van der Waals surface area contributed by atoms with Gasteiger partial charge in [0.2, 0.25) is 5.91 Å². The highest BCUT2D eigenvalue weighted by Crippen LogP contribution is 2.55. The molecule has 0 spiro atoms. The summed E-state index contributed by atoms with van der Waals surface area (Å²) < 4.78 is 0. The van der Waals surface area contributed by atoms with Gasteiger partial charge in [-0.1, -0.05) is 12.8 Å². The minimum absolute atomic E-state index is 0.210. The summed E-state index contributed by atoms with van der Waals surface area (Å²) in [5, 5.41) is 11.8. The van der Waals surface area contributed by atoms with Crippen LogP contribution in [0.4, 0.5) is 0 Å². The Morgan fingerprint density at radius 3 is 2.56 bits per heavy atom. The predicted molar refractivity (Wildman–Crippen MR) is 62.9 cm³/mol. The number of fused-ring (bicyclic) bond motifs is 1. The van der Waals surface area contributed by atoms with Crippen molar-refractivity contribution in [2.75, 3.05) is 6.61 Å². The molecule has 0 aliphatic heterocycles. The summed E-state index contributed by atoms with van der Waals surface area (Å²) in [6.07, 6.45) is 6.79. The Morgan fingerprint density at radius 2 is 2.00 bits per heavy atom. The molecule has 0 aromatic heterocycles. The molecule has 2 aliphatic rings. The van der Waals surface area contributed by atoms with Gasteiger partial charge in [0.05, 0.1) is 0 Å². The number of aliphatic hydroxyl groups is 1. The fourth-order valence-corrected chi connectivity index (χ4v) is 3.19. The number of amides is 1. The fraction of sp³-hybridized carbons (Fsp3) is 0.923. The van der Waals surface area contributed by atoms with Crippen molar-refractivity contribution >= 4 is 5.91 Å². The molecule has 2 N–H and O–H groups in total.